The van der Waals surface area contributed by atoms with Gasteiger partial charge in [0.25, 0.3) is 0 Å². The van der Waals surface area contributed by atoms with Crippen molar-refractivity contribution in [3.8, 4) is 0 Å². The molecule has 0 saturated carbocycles. The topological polar surface area (TPSA) is 39.9 Å². The van der Waals surface area contributed by atoms with Gasteiger partial charge in [-0.2, -0.15) is 0 Å². The third-order valence-corrected chi connectivity index (χ3v) is 3.95. The molecule has 5 heteroatoms. The zero-order valence-electron chi connectivity index (χ0n) is 9.82. The van der Waals surface area contributed by atoms with E-state index in [0.717, 1.165) is 32.3 Å². The van der Waals surface area contributed by atoms with Gasteiger partial charge in [-0.1, -0.05) is 13.8 Å². The van der Waals surface area contributed by atoms with Crippen LogP contribution in [0.5, 0.6) is 0 Å². The number of ether oxygens (including phenoxy) is 1. The highest BCUT2D eigenvalue weighted by Crippen LogP contribution is 2.37. The molecule has 0 aromatic carbocycles. The van der Waals surface area contributed by atoms with E-state index >= 15 is 0 Å². The normalized spacial score (nSPS) is 24.6. The van der Waals surface area contributed by atoms with Crippen LogP contribution in [0.2, 0.25) is 5.28 Å². The summed E-state index contributed by atoms with van der Waals surface area (Å²) in [5.41, 5.74) is 0.0104. The van der Waals surface area contributed by atoms with Crippen molar-refractivity contribution < 1.29 is 4.74 Å². The van der Waals surface area contributed by atoms with Crippen molar-refractivity contribution in [2.75, 3.05) is 6.61 Å². The molecule has 1 aliphatic heterocycles. The average Bonchev–Trinajstić information content (AvgIpc) is 2.75. The maximum Gasteiger partial charge on any atom is 0.225 e. The van der Waals surface area contributed by atoms with Gasteiger partial charge in [0.15, 0.2) is 0 Å². The van der Waals surface area contributed by atoms with Gasteiger partial charge in [0.1, 0.15) is 6.33 Å². The molecule has 1 saturated heterocycles. The second kappa shape index (κ2) is 4.72. The van der Waals surface area contributed by atoms with Gasteiger partial charge in [0.2, 0.25) is 5.28 Å². The summed E-state index contributed by atoms with van der Waals surface area (Å²) >= 11 is 6.00. The van der Waals surface area contributed by atoms with Gasteiger partial charge in [-0.25, -0.2) is 0 Å². The fourth-order valence-electron chi connectivity index (χ4n) is 2.46. The molecule has 90 valence electrons. The minimum absolute atomic E-state index is 0.0104. The van der Waals surface area contributed by atoms with E-state index in [1.165, 1.54) is 0 Å². The highest BCUT2D eigenvalue weighted by molar-refractivity contribution is 6.28. The predicted molar refractivity (Wildman–Crippen MR) is 62.6 cm³/mol. The van der Waals surface area contributed by atoms with E-state index in [4.69, 9.17) is 16.3 Å². The molecule has 2 heterocycles. The van der Waals surface area contributed by atoms with E-state index in [2.05, 4.69) is 24.0 Å². The van der Waals surface area contributed by atoms with Crippen LogP contribution in [0.4, 0.5) is 0 Å². The number of halogens is 1. The average molecular weight is 244 g/mol. The molecular formula is C11H18ClN3O. The maximum absolute atomic E-state index is 6.00. The Bertz CT molecular complexity index is 349. The summed E-state index contributed by atoms with van der Waals surface area (Å²) in [6.45, 7) is 5.15. The van der Waals surface area contributed by atoms with Crippen LogP contribution in [0.25, 0.3) is 0 Å². The van der Waals surface area contributed by atoms with Crippen molar-refractivity contribution in [2.24, 2.45) is 0 Å². The van der Waals surface area contributed by atoms with Crippen LogP contribution in [0.1, 0.15) is 45.6 Å². The molecule has 0 aliphatic carbocycles. The summed E-state index contributed by atoms with van der Waals surface area (Å²) in [6, 6.07) is 0.371. The van der Waals surface area contributed by atoms with Gasteiger partial charge in [0, 0.05) is 12.6 Å². The highest BCUT2D eigenvalue weighted by Gasteiger charge is 2.35. The molecule has 2 rings (SSSR count). The Labute approximate surface area is 101 Å². The number of nitrogens with zero attached hydrogens (tertiary/aromatic N) is 3. The monoisotopic (exact) mass is 243 g/mol. The molecule has 16 heavy (non-hydrogen) atoms. The van der Waals surface area contributed by atoms with Crippen molar-refractivity contribution in [3.63, 3.8) is 0 Å². The third kappa shape index (κ3) is 2.09. The van der Waals surface area contributed by atoms with Gasteiger partial charge < -0.3 is 9.30 Å². The molecule has 0 spiro atoms. The van der Waals surface area contributed by atoms with E-state index < -0.39 is 0 Å². The molecule has 1 aliphatic rings. The number of hydrogen-bond donors (Lipinski definition) is 0. The molecule has 0 amide bonds. The molecule has 1 unspecified atom stereocenters. The van der Waals surface area contributed by atoms with Crippen LogP contribution in [-0.2, 0) is 4.74 Å². The first kappa shape index (κ1) is 11.9. The summed E-state index contributed by atoms with van der Waals surface area (Å²) in [5, 5.41) is 8.14. The molecule has 4 nitrogen and oxygen atoms in total. The standard InChI is InChI=1S/C11H18ClN3O/c1-3-11(4-2)7-9(5-6-16-11)15-8-13-14-10(15)12/h8-9H,3-7H2,1-2H3. The van der Waals surface area contributed by atoms with E-state index in [-0.39, 0.29) is 5.60 Å². The Morgan fingerprint density at radius 1 is 1.56 bits per heavy atom. The first-order valence-corrected chi connectivity index (χ1v) is 6.27. The largest absolute Gasteiger partial charge is 0.375 e. The zero-order chi connectivity index (χ0) is 11.6. The van der Waals surface area contributed by atoms with Crippen molar-refractivity contribution in [1.29, 1.82) is 0 Å². The molecule has 0 N–H and O–H groups in total. The van der Waals surface area contributed by atoms with Crippen LogP contribution in [0, 0.1) is 0 Å². The van der Waals surface area contributed by atoms with Crippen LogP contribution in [-0.4, -0.2) is 27.0 Å². The molecule has 1 aromatic heterocycles. The minimum atomic E-state index is 0.0104. The Morgan fingerprint density at radius 3 is 2.88 bits per heavy atom. The van der Waals surface area contributed by atoms with Gasteiger partial charge in [-0.15, -0.1) is 10.2 Å². The molecule has 0 bridgehead atoms. The SMILES string of the molecule is CCC1(CC)CC(n2cnnc2Cl)CCO1. The zero-order valence-corrected chi connectivity index (χ0v) is 10.6. The Balaban J connectivity index is 2.16. The summed E-state index contributed by atoms with van der Waals surface area (Å²) in [6.07, 6.45) is 5.78. The van der Waals surface area contributed by atoms with Crippen LogP contribution in [0.15, 0.2) is 6.33 Å². The molecular weight excluding hydrogens is 226 g/mol. The van der Waals surface area contributed by atoms with Crippen molar-refractivity contribution in [1.82, 2.24) is 14.8 Å². The lowest BCUT2D eigenvalue weighted by molar-refractivity contribution is -0.0987. The molecule has 1 atom stereocenters. The lowest BCUT2D eigenvalue weighted by Crippen LogP contribution is -2.39. The maximum atomic E-state index is 6.00. The van der Waals surface area contributed by atoms with E-state index in [1.54, 1.807) is 6.33 Å². The summed E-state index contributed by atoms with van der Waals surface area (Å²) in [4.78, 5) is 0. The number of aromatic nitrogens is 3. The van der Waals surface area contributed by atoms with E-state index in [1.807, 2.05) is 4.57 Å². The predicted octanol–water partition coefficient (Wildman–Crippen LogP) is 2.84. The third-order valence-electron chi connectivity index (χ3n) is 3.68. The molecule has 0 radical (unpaired) electrons. The quantitative estimate of drug-likeness (QED) is 0.820. The smallest absolute Gasteiger partial charge is 0.225 e. The second-order valence-electron chi connectivity index (χ2n) is 4.39. The van der Waals surface area contributed by atoms with Crippen molar-refractivity contribution in [2.45, 2.75) is 51.2 Å². The fourth-order valence-corrected chi connectivity index (χ4v) is 2.68. The Kier molecular flexibility index (Phi) is 3.50. The lowest BCUT2D eigenvalue weighted by atomic mass is 9.86. The molecule has 1 fully saturated rings. The summed E-state index contributed by atoms with van der Waals surface area (Å²) in [7, 11) is 0. The fraction of sp³-hybridized carbons (Fsp3) is 0.818. The van der Waals surface area contributed by atoms with Gasteiger partial charge in [0.05, 0.1) is 5.60 Å². The minimum Gasteiger partial charge on any atom is -0.375 e. The van der Waals surface area contributed by atoms with Gasteiger partial charge >= 0.3 is 0 Å². The second-order valence-corrected chi connectivity index (χ2v) is 4.73. The first-order valence-electron chi connectivity index (χ1n) is 5.89. The van der Waals surface area contributed by atoms with Crippen LogP contribution < -0.4 is 0 Å². The van der Waals surface area contributed by atoms with Gasteiger partial charge in [-0.05, 0) is 37.3 Å². The summed E-state index contributed by atoms with van der Waals surface area (Å²) in [5.74, 6) is 0. The number of rotatable bonds is 3. The van der Waals surface area contributed by atoms with E-state index in [9.17, 15) is 0 Å². The number of hydrogen-bond acceptors (Lipinski definition) is 3. The van der Waals surface area contributed by atoms with Crippen LogP contribution in [0.3, 0.4) is 0 Å². The van der Waals surface area contributed by atoms with Gasteiger partial charge in [-0.3, -0.25) is 0 Å². The molecule has 1 aromatic rings. The highest BCUT2D eigenvalue weighted by atomic mass is 35.5. The Morgan fingerprint density at radius 2 is 2.31 bits per heavy atom. The van der Waals surface area contributed by atoms with Crippen LogP contribution >= 0.6 is 11.6 Å². The van der Waals surface area contributed by atoms with Crippen molar-refractivity contribution >= 4 is 11.6 Å². The lowest BCUT2D eigenvalue weighted by Gasteiger charge is -2.40. The first-order chi connectivity index (χ1) is 7.71. The van der Waals surface area contributed by atoms with Crippen molar-refractivity contribution in [3.05, 3.63) is 11.6 Å². The van der Waals surface area contributed by atoms with E-state index in [0.29, 0.717) is 11.3 Å². The Hall–Kier alpha value is -0.610. The summed E-state index contributed by atoms with van der Waals surface area (Å²) < 4.78 is 7.90.